The van der Waals surface area contributed by atoms with Gasteiger partial charge in [0.2, 0.25) is 0 Å². The summed E-state index contributed by atoms with van der Waals surface area (Å²) in [4.78, 5) is 12.3. The second kappa shape index (κ2) is 11.2. The van der Waals surface area contributed by atoms with Crippen LogP contribution in [0.1, 0.15) is 15.9 Å². The minimum Gasteiger partial charge on any atom is -0.478 e. The molecule has 6 aromatic rings. The number of halogens is 1. The number of amidine groups is 1. The second-order valence-electron chi connectivity index (χ2n) is 10.1. The zero-order valence-corrected chi connectivity index (χ0v) is 23.7. The number of hydrogen-bond acceptors (Lipinski definition) is 5. The fourth-order valence-electron chi connectivity index (χ4n) is 4.94. The Morgan fingerprint density at radius 2 is 1.43 bits per heavy atom. The lowest BCUT2D eigenvalue weighted by molar-refractivity contribution is 0.0698. The molecule has 6 rings (SSSR count). The molecule has 44 heavy (non-hydrogen) atoms. The molecule has 0 heterocycles. The molecule has 0 spiro atoms. The minimum absolute atomic E-state index is 0.00219. The van der Waals surface area contributed by atoms with Crippen LogP contribution in [0.4, 0.5) is 10.1 Å². The molecule has 0 aliphatic rings. The zero-order valence-electron chi connectivity index (χ0n) is 22.9. The number of nitrogens with two attached hydrogens (primary N) is 1. The maximum absolute atomic E-state index is 13.4. The van der Waals surface area contributed by atoms with Gasteiger partial charge in [0.05, 0.1) is 10.5 Å². The Labute approximate surface area is 251 Å². The molecule has 8 nitrogen and oxygen atoms in total. The number of ether oxygens (including phenoxy) is 1. The van der Waals surface area contributed by atoms with E-state index in [0.29, 0.717) is 22.4 Å². The maximum Gasteiger partial charge on any atom is 0.336 e. The molecule has 218 valence electrons. The zero-order chi connectivity index (χ0) is 31.0. The fraction of sp³-hybridized carbons (Fsp3) is 0. The van der Waals surface area contributed by atoms with Crippen molar-refractivity contribution >= 4 is 49.1 Å². The van der Waals surface area contributed by atoms with Crippen LogP contribution in [-0.4, -0.2) is 25.3 Å². The molecule has 5 N–H and O–H groups in total. The number of carbonyl (C=O) groups is 1. The summed E-state index contributed by atoms with van der Waals surface area (Å²) in [6.45, 7) is 0. The van der Waals surface area contributed by atoms with Crippen molar-refractivity contribution in [2.75, 3.05) is 4.72 Å². The molecule has 6 aromatic carbocycles. The highest BCUT2D eigenvalue weighted by molar-refractivity contribution is 7.92. The lowest BCUT2D eigenvalue weighted by Gasteiger charge is -2.17. The van der Waals surface area contributed by atoms with Crippen molar-refractivity contribution in [1.29, 1.82) is 5.41 Å². The molecule has 0 unspecified atom stereocenters. The average molecular weight is 606 g/mol. The van der Waals surface area contributed by atoms with Gasteiger partial charge in [0.1, 0.15) is 23.2 Å². The van der Waals surface area contributed by atoms with Crippen molar-refractivity contribution in [3.63, 3.8) is 0 Å². The van der Waals surface area contributed by atoms with Gasteiger partial charge in [-0.15, -0.1) is 0 Å². The van der Waals surface area contributed by atoms with Gasteiger partial charge in [0.25, 0.3) is 10.0 Å². The van der Waals surface area contributed by atoms with Gasteiger partial charge in [-0.1, -0.05) is 42.5 Å². The number of carboxylic acid groups (broad SMARTS) is 1. The van der Waals surface area contributed by atoms with Crippen LogP contribution < -0.4 is 15.2 Å². The molecule has 0 saturated heterocycles. The first-order valence-corrected chi connectivity index (χ1v) is 14.8. The fourth-order valence-corrected chi connectivity index (χ4v) is 5.99. The summed E-state index contributed by atoms with van der Waals surface area (Å²) in [5.41, 5.74) is 7.02. The van der Waals surface area contributed by atoms with Crippen LogP contribution in [0.3, 0.4) is 0 Å². The van der Waals surface area contributed by atoms with Crippen molar-refractivity contribution in [2.24, 2.45) is 5.73 Å². The number of nitrogen functional groups attached to an aromatic ring is 1. The molecule has 0 saturated carbocycles. The molecule has 0 aliphatic carbocycles. The van der Waals surface area contributed by atoms with E-state index in [9.17, 15) is 22.7 Å². The van der Waals surface area contributed by atoms with Crippen LogP contribution in [0.5, 0.6) is 11.5 Å². The topological polar surface area (TPSA) is 143 Å². The molecular weight excluding hydrogens is 581 g/mol. The molecule has 0 fully saturated rings. The number of hydrogen-bond donors (Lipinski definition) is 4. The first-order valence-electron chi connectivity index (χ1n) is 13.3. The van der Waals surface area contributed by atoms with Gasteiger partial charge in [-0.2, -0.15) is 0 Å². The number of carboxylic acids is 1. The van der Waals surface area contributed by atoms with E-state index < -0.39 is 21.8 Å². The van der Waals surface area contributed by atoms with Gasteiger partial charge >= 0.3 is 5.97 Å². The second-order valence-corrected chi connectivity index (χ2v) is 11.7. The van der Waals surface area contributed by atoms with Gasteiger partial charge in [-0.3, -0.25) is 10.1 Å². The third-order valence-corrected chi connectivity index (χ3v) is 8.51. The van der Waals surface area contributed by atoms with Crippen molar-refractivity contribution in [2.45, 2.75) is 4.90 Å². The average Bonchev–Trinajstić information content (AvgIpc) is 3.01. The monoisotopic (exact) mass is 605 g/mol. The van der Waals surface area contributed by atoms with E-state index in [1.807, 2.05) is 36.4 Å². The highest BCUT2D eigenvalue weighted by Crippen LogP contribution is 2.40. The van der Waals surface area contributed by atoms with Gasteiger partial charge in [0, 0.05) is 22.4 Å². The number of rotatable bonds is 8. The Morgan fingerprint density at radius 3 is 2.14 bits per heavy atom. The number of anilines is 1. The third-order valence-electron chi connectivity index (χ3n) is 7.11. The van der Waals surface area contributed by atoms with Crippen LogP contribution >= 0.6 is 0 Å². The molecule has 0 bridgehead atoms. The molecule has 0 atom stereocenters. The number of nitrogens with one attached hydrogen (secondary N) is 2. The molecule has 0 amide bonds. The number of aromatic carboxylic acids is 1. The van der Waals surface area contributed by atoms with Crippen molar-refractivity contribution < 1.29 is 27.4 Å². The Balaban J connectivity index is 1.48. The summed E-state index contributed by atoms with van der Waals surface area (Å²) in [7, 11) is -4.09. The Hall–Kier alpha value is -5.74. The molecule has 0 aromatic heterocycles. The van der Waals surface area contributed by atoms with Crippen LogP contribution in [0.15, 0.2) is 120 Å². The SMILES string of the molecule is N=C(N)c1ccc2cc(Oc3ccc(NS(=O)(=O)c4ccc(F)cc4)cc3-c3cc4ccccc4cc3C(=O)O)ccc2c1. The molecule has 10 heteroatoms. The number of sulfonamides is 1. The summed E-state index contributed by atoms with van der Waals surface area (Å²) in [5, 5.41) is 21.0. The van der Waals surface area contributed by atoms with E-state index >= 15 is 0 Å². The van der Waals surface area contributed by atoms with Crippen molar-refractivity contribution in [1.82, 2.24) is 0 Å². The summed E-state index contributed by atoms with van der Waals surface area (Å²) in [5.74, 6) is -1.05. The van der Waals surface area contributed by atoms with Crippen molar-refractivity contribution in [3.8, 4) is 22.6 Å². The Kier molecular flexibility index (Phi) is 7.20. The van der Waals surface area contributed by atoms with Crippen LogP contribution in [0.2, 0.25) is 0 Å². The third kappa shape index (κ3) is 5.66. The van der Waals surface area contributed by atoms with Crippen molar-refractivity contribution in [3.05, 3.63) is 132 Å². The molecule has 0 radical (unpaired) electrons. The predicted molar refractivity (Wildman–Crippen MR) is 169 cm³/mol. The maximum atomic E-state index is 13.4. The Morgan fingerprint density at radius 1 is 0.773 bits per heavy atom. The largest absolute Gasteiger partial charge is 0.478 e. The van der Waals surface area contributed by atoms with E-state index in [-0.39, 0.29) is 27.7 Å². The van der Waals surface area contributed by atoms with E-state index in [1.54, 1.807) is 42.5 Å². The Bertz CT molecular complexity index is 2220. The summed E-state index contributed by atoms with van der Waals surface area (Å²) >= 11 is 0. The van der Waals surface area contributed by atoms with E-state index in [0.717, 1.165) is 45.8 Å². The highest BCUT2D eigenvalue weighted by Gasteiger charge is 2.20. The van der Waals surface area contributed by atoms with Crippen LogP contribution in [0.25, 0.3) is 32.7 Å². The van der Waals surface area contributed by atoms with Crippen LogP contribution in [-0.2, 0) is 10.0 Å². The highest BCUT2D eigenvalue weighted by atomic mass is 32.2. The number of fused-ring (bicyclic) bond motifs is 2. The lowest BCUT2D eigenvalue weighted by atomic mass is 9.94. The first kappa shape index (κ1) is 28.4. The standard InChI is InChI=1S/C34H24FN3O5S/c35-25-8-12-28(13-9-25)44(41,42)38-26-10-14-32(43-27-11-7-22-15-24(33(36)37)6-5-23(22)16-27)30(19-26)29-17-20-3-1-2-4-21(20)18-31(29)34(39)40/h1-19,38H,(H3,36,37)(H,39,40). The van der Waals surface area contributed by atoms with E-state index in [2.05, 4.69) is 4.72 Å². The first-order chi connectivity index (χ1) is 21.1. The normalized spacial score (nSPS) is 11.4. The predicted octanol–water partition coefficient (Wildman–Crippen LogP) is 7.37. The number of benzene rings is 6. The van der Waals surface area contributed by atoms with E-state index in [4.69, 9.17) is 15.9 Å². The van der Waals surface area contributed by atoms with Gasteiger partial charge < -0.3 is 15.6 Å². The van der Waals surface area contributed by atoms with E-state index in [1.165, 1.54) is 12.1 Å². The van der Waals surface area contributed by atoms with Gasteiger partial charge in [-0.05, 0) is 94.3 Å². The van der Waals surface area contributed by atoms with Gasteiger partial charge in [-0.25, -0.2) is 17.6 Å². The quantitative estimate of drug-likeness (QED) is 0.105. The molecular formula is C34H24FN3O5S. The molecule has 0 aliphatic heterocycles. The smallest absolute Gasteiger partial charge is 0.336 e. The minimum atomic E-state index is -4.09. The van der Waals surface area contributed by atoms with Gasteiger partial charge in [0.15, 0.2) is 0 Å². The lowest BCUT2D eigenvalue weighted by Crippen LogP contribution is -2.13. The van der Waals surface area contributed by atoms with Crippen LogP contribution in [0, 0.1) is 11.2 Å². The summed E-state index contributed by atoms with van der Waals surface area (Å²) in [6, 6.07) is 30.3. The summed E-state index contributed by atoms with van der Waals surface area (Å²) in [6.07, 6.45) is 0. The summed E-state index contributed by atoms with van der Waals surface area (Å²) < 4.78 is 48.4.